The van der Waals surface area contributed by atoms with E-state index in [0.717, 1.165) is 28.4 Å². The lowest BCUT2D eigenvalue weighted by molar-refractivity contribution is -0.384. The Morgan fingerprint density at radius 3 is 2.41 bits per heavy atom. The largest absolute Gasteiger partial charge is 0.464 e. The Balaban J connectivity index is 1.71. The summed E-state index contributed by atoms with van der Waals surface area (Å²) < 4.78 is 6.21. The van der Waals surface area contributed by atoms with E-state index in [2.05, 4.69) is 13.8 Å². The molecule has 29 heavy (non-hydrogen) atoms. The first-order chi connectivity index (χ1) is 13.8. The van der Waals surface area contributed by atoms with E-state index in [-0.39, 0.29) is 22.1 Å². The third kappa shape index (κ3) is 4.12. The average molecular weight is 407 g/mol. The summed E-state index contributed by atoms with van der Waals surface area (Å²) >= 11 is 1.55. The number of carbonyl (C=O) groups excluding carboxylic acids is 1. The van der Waals surface area contributed by atoms with Gasteiger partial charge in [0.15, 0.2) is 5.78 Å². The van der Waals surface area contributed by atoms with Gasteiger partial charge in [0.05, 0.1) is 15.7 Å². The highest BCUT2D eigenvalue weighted by molar-refractivity contribution is 7.99. The van der Waals surface area contributed by atoms with Crippen LogP contribution in [0.2, 0.25) is 0 Å². The molecule has 2 aromatic carbocycles. The molecule has 0 bridgehead atoms. The molecule has 0 saturated carbocycles. The molecule has 0 fully saturated rings. The molecule has 1 unspecified atom stereocenters. The topological polar surface area (TPSA) is 73.3 Å². The molecule has 0 spiro atoms. The second-order valence-electron chi connectivity index (χ2n) is 8.09. The van der Waals surface area contributed by atoms with E-state index in [1.165, 1.54) is 12.1 Å². The van der Waals surface area contributed by atoms with Gasteiger partial charge in [0, 0.05) is 29.9 Å². The van der Waals surface area contributed by atoms with Gasteiger partial charge in [0.1, 0.15) is 11.5 Å². The Hall–Kier alpha value is -2.86. The zero-order valence-corrected chi connectivity index (χ0v) is 17.1. The van der Waals surface area contributed by atoms with Gasteiger partial charge in [-0.15, -0.1) is 11.8 Å². The molecule has 1 heterocycles. The van der Waals surface area contributed by atoms with Crippen molar-refractivity contribution in [3.8, 4) is 0 Å². The van der Waals surface area contributed by atoms with Crippen LogP contribution in [-0.2, 0) is 6.42 Å². The smallest absolute Gasteiger partial charge is 0.269 e. The number of carbonyl (C=O) groups is 1. The minimum atomic E-state index is -0.406. The van der Waals surface area contributed by atoms with E-state index in [4.69, 9.17) is 4.42 Å². The van der Waals surface area contributed by atoms with Crippen LogP contribution in [0.5, 0.6) is 0 Å². The SMILES string of the molecule is CC1(C)CC(=O)c2cc(C(Sc3ccc([N+](=O)[O-])cc3)c3ccccc3)oc2C1. The molecule has 3 aromatic rings. The van der Waals surface area contributed by atoms with E-state index < -0.39 is 4.92 Å². The van der Waals surface area contributed by atoms with Crippen molar-refractivity contribution in [1.82, 2.24) is 0 Å². The van der Waals surface area contributed by atoms with Gasteiger partial charge in [-0.3, -0.25) is 14.9 Å². The number of Topliss-reactive ketones (excluding diaryl/α,β-unsaturated/α-hetero) is 1. The predicted molar refractivity (Wildman–Crippen MR) is 112 cm³/mol. The van der Waals surface area contributed by atoms with Crippen LogP contribution in [0.4, 0.5) is 5.69 Å². The summed E-state index contributed by atoms with van der Waals surface area (Å²) in [6.07, 6.45) is 1.25. The second-order valence-corrected chi connectivity index (χ2v) is 9.26. The minimum Gasteiger partial charge on any atom is -0.464 e. The predicted octanol–water partition coefficient (Wildman–Crippen LogP) is 6.22. The highest BCUT2D eigenvalue weighted by Crippen LogP contribution is 2.44. The molecule has 0 radical (unpaired) electrons. The molecule has 1 aliphatic rings. The Labute approximate surface area is 173 Å². The normalized spacial score (nSPS) is 16.3. The highest BCUT2D eigenvalue weighted by Gasteiger charge is 2.35. The molecule has 0 aliphatic heterocycles. The van der Waals surface area contributed by atoms with Crippen molar-refractivity contribution in [2.24, 2.45) is 5.41 Å². The number of nitrogens with zero attached hydrogens (tertiary/aromatic N) is 1. The number of thioether (sulfide) groups is 1. The summed E-state index contributed by atoms with van der Waals surface area (Å²) in [4.78, 5) is 24.0. The van der Waals surface area contributed by atoms with E-state index in [9.17, 15) is 14.9 Å². The van der Waals surface area contributed by atoms with Gasteiger partial charge < -0.3 is 4.42 Å². The Morgan fingerprint density at radius 2 is 1.76 bits per heavy atom. The van der Waals surface area contributed by atoms with E-state index in [1.807, 2.05) is 36.4 Å². The zero-order chi connectivity index (χ0) is 20.6. The van der Waals surface area contributed by atoms with Crippen molar-refractivity contribution in [2.75, 3.05) is 0 Å². The number of hydrogen-bond acceptors (Lipinski definition) is 5. The number of benzene rings is 2. The molecule has 148 valence electrons. The van der Waals surface area contributed by atoms with Crippen LogP contribution in [0.15, 0.2) is 70.0 Å². The first-order valence-corrected chi connectivity index (χ1v) is 10.3. The van der Waals surface area contributed by atoms with Crippen LogP contribution in [0.3, 0.4) is 0 Å². The number of nitro groups is 1. The Bertz CT molecular complexity index is 1050. The minimum absolute atomic E-state index is 0.0619. The van der Waals surface area contributed by atoms with Gasteiger partial charge in [-0.2, -0.15) is 0 Å². The fourth-order valence-corrected chi connectivity index (χ4v) is 4.76. The molecule has 1 aliphatic carbocycles. The average Bonchev–Trinajstić information content (AvgIpc) is 3.10. The van der Waals surface area contributed by atoms with Crippen molar-refractivity contribution >= 4 is 23.2 Å². The quantitative estimate of drug-likeness (QED) is 0.285. The van der Waals surface area contributed by atoms with Crippen LogP contribution >= 0.6 is 11.8 Å². The first kappa shape index (κ1) is 19.5. The van der Waals surface area contributed by atoms with Crippen molar-refractivity contribution in [1.29, 1.82) is 0 Å². The van der Waals surface area contributed by atoms with Gasteiger partial charge in [-0.05, 0) is 29.2 Å². The molecule has 0 N–H and O–H groups in total. The van der Waals surface area contributed by atoms with E-state index >= 15 is 0 Å². The fourth-order valence-electron chi connectivity index (χ4n) is 3.67. The lowest BCUT2D eigenvalue weighted by atomic mass is 9.77. The summed E-state index contributed by atoms with van der Waals surface area (Å²) in [6, 6.07) is 18.3. The lowest BCUT2D eigenvalue weighted by Gasteiger charge is -2.26. The maximum Gasteiger partial charge on any atom is 0.269 e. The maximum atomic E-state index is 12.6. The summed E-state index contributed by atoms with van der Waals surface area (Å²) in [5.41, 5.74) is 1.69. The van der Waals surface area contributed by atoms with Crippen LogP contribution in [0.1, 0.15) is 53.0 Å². The van der Waals surface area contributed by atoms with E-state index in [0.29, 0.717) is 12.0 Å². The third-order valence-electron chi connectivity index (χ3n) is 5.07. The van der Waals surface area contributed by atoms with Crippen molar-refractivity contribution in [3.05, 3.63) is 93.4 Å². The number of rotatable bonds is 5. The van der Waals surface area contributed by atoms with Crippen molar-refractivity contribution in [3.63, 3.8) is 0 Å². The highest BCUT2D eigenvalue weighted by atomic mass is 32.2. The van der Waals surface area contributed by atoms with Gasteiger partial charge in [0.25, 0.3) is 5.69 Å². The van der Waals surface area contributed by atoms with Gasteiger partial charge >= 0.3 is 0 Å². The van der Waals surface area contributed by atoms with E-state index in [1.54, 1.807) is 23.9 Å². The molecule has 0 amide bonds. The molecule has 6 heteroatoms. The zero-order valence-electron chi connectivity index (χ0n) is 16.3. The fraction of sp³-hybridized carbons (Fsp3) is 0.261. The van der Waals surface area contributed by atoms with Crippen LogP contribution in [0.25, 0.3) is 0 Å². The number of nitro benzene ring substituents is 1. The molecule has 1 atom stereocenters. The van der Waals surface area contributed by atoms with Crippen LogP contribution in [0, 0.1) is 15.5 Å². The standard InChI is InChI=1S/C23H21NO4S/c1-23(2)13-19(25)18-12-20(28-21(18)14-23)22(15-6-4-3-5-7-15)29-17-10-8-16(9-11-17)24(26)27/h3-12,22H,13-14H2,1-2H3. The lowest BCUT2D eigenvalue weighted by Crippen LogP contribution is -2.25. The number of furan rings is 1. The number of fused-ring (bicyclic) bond motifs is 1. The Morgan fingerprint density at radius 1 is 1.07 bits per heavy atom. The number of hydrogen-bond donors (Lipinski definition) is 0. The number of non-ortho nitro benzene ring substituents is 1. The summed E-state index contributed by atoms with van der Waals surface area (Å²) in [5, 5.41) is 10.8. The second kappa shape index (κ2) is 7.52. The van der Waals surface area contributed by atoms with Crippen molar-refractivity contribution in [2.45, 2.75) is 36.8 Å². The Kier molecular flexibility index (Phi) is 5.04. The molecule has 0 saturated heterocycles. The maximum absolute atomic E-state index is 12.6. The first-order valence-electron chi connectivity index (χ1n) is 9.44. The van der Waals surface area contributed by atoms with Gasteiger partial charge in [-0.1, -0.05) is 44.2 Å². The van der Waals surface area contributed by atoms with Crippen LogP contribution < -0.4 is 0 Å². The van der Waals surface area contributed by atoms with Gasteiger partial charge in [-0.25, -0.2) is 0 Å². The molecule has 5 nitrogen and oxygen atoms in total. The summed E-state index contributed by atoms with van der Waals surface area (Å²) in [7, 11) is 0. The molecule has 4 rings (SSSR count). The van der Waals surface area contributed by atoms with Crippen molar-refractivity contribution < 1.29 is 14.1 Å². The monoisotopic (exact) mass is 407 g/mol. The molecular weight excluding hydrogens is 386 g/mol. The summed E-state index contributed by atoms with van der Waals surface area (Å²) in [6.45, 7) is 4.16. The number of ketones is 1. The molecule has 1 aromatic heterocycles. The summed E-state index contributed by atoms with van der Waals surface area (Å²) in [5.74, 6) is 1.61. The van der Waals surface area contributed by atoms with Gasteiger partial charge in [0.2, 0.25) is 0 Å². The third-order valence-corrected chi connectivity index (χ3v) is 6.35. The van der Waals surface area contributed by atoms with Crippen LogP contribution in [-0.4, -0.2) is 10.7 Å². The molecular formula is C23H21NO4S.